The summed E-state index contributed by atoms with van der Waals surface area (Å²) in [4.78, 5) is 8.48. The van der Waals surface area contributed by atoms with E-state index in [9.17, 15) is 0 Å². The zero-order valence-corrected chi connectivity index (χ0v) is 12.3. The number of aryl methyl sites for hydroxylation is 1. The van der Waals surface area contributed by atoms with Crippen LogP contribution in [0.4, 0.5) is 11.8 Å². The number of nitrogens with zero attached hydrogens (tertiary/aromatic N) is 2. The minimum absolute atomic E-state index is 0.0368. The Hall–Kier alpha value is -1.36. The summed E-state index contributed by atoms with van der Waals surface area (Å²) in [6.07, 6.45) is 1.04. The molecule has 0 bridgehead atoms. The first-order chi connectivity index (χ1) is 8.11. The molecule has 0 aliphatic heterocycles. The van der Waals surface area contributed by atoms with Gasteiger partial charge in [-0.05, 0) is 32.6 Å². The topological polar surface area (TPSA) is 75.9 Å². The highest BCUT2D eigenvalue weighted by atomic mass is 15.3. The van der Waals surface area contributed by atoms with E-state index in [1.54, 1.807) is 0 Å². The highest BCUT2D eigenvalue weighted by molar-refractivity contribution is 5.43. The summed E-state index contributed by atoms with van der Waals surface area (Å²) in [6.45, 7) is 13.0. The van der Waals surface area contributed by atoms with Gasteiger partial charge in [-0.3, -0.25) is 5.43 Å². The van der Waals surface area contributed by atoms with E-state index in [-0.39, 0.29) is 11.0 Å². The van der Waals surface area contributed by atoms with E-state index in [1.165, 1.54) is 0 Å². The summed E-state index contributed by atoms with van der Waals surface area (Å²) < 4.78 is 0. The van der Waals surface area contributed by atoms with Crippen molar-refractivity contribution in [2.45, 2.75) is 53.5 Å². The van der Waals surface area contributed by atoms with E-state index in [2.05, 4.69) is 55.3 Å². The molecular weight excluding hydrogens is 226 g/mol. The second-order valence-electron chi connectivity index (χ2n) is 6.61. The molecule has 0 spiro atoms. The lowest BCUT2D eigenvalue weighted by Gasteiger charge is -2.33. The van der Waals surface area contributed by atoms with Crippen molar-refractivity contribution < 1.29 is 0 Å². The molecule has 0 atom stereocenters. The Kier molecular flexibility index (Phi) is 4.16. The van der Waals surface area contributed by atoms with Crippen LogP contribution in [0.2, 0.25) is 0 Å². The first kappa shape index (κ1) is 14.7. The second kappa shape index (κ2) is 5.10. The molecule has 0 fully saturated rings. The third-order valence-corrected chi connectivity index (χ3v) is 2.42. The third-order valence-electron chi connectivity index (χ3n) is 2.42. The van der Waals surface area contributed by atoms with E-state index < -0.39 is 0 Å². The molecule has 0 aromatic carbocycles. The van der Waals surface area contributed by atoms with Crippen LogP contribution in [0.15, 0.2) is 6.07 Å². The fraction of sp³-hybridized carbons (Fsp3) is 0.692. The van der Waals surface area contributed by atoms with Crippen LogP contribution < -0.4 is 16.6 Å². The quantitative estimate of drug-likeness (QED) is 0.566. The normalized spacial score (nSPS) is 12.4. The molecule has 4 N–H and O–H groups in total. The van der Waals surface area contributed by atoms with Crippen LogP contribution in [0.1, 0.15) is 46.7 Å². The fourth-order valence-corrected chi connectivity index (χ4v) is 2.41. The Morgan fingerprint density at radius 1 is 1.17 bits per heavy atom. The maximum Gasteiger partial charge on any atom is 0.239 e. The lowest BCUT2D eigenvalue weighted by atomic mass is 9.82. The van der Waals surface area contributed by atoms with Gasteiger partial charge in [-0.2, -0.15) is 4.98 Å². The molecule has 5 heteroatoms. The van der Waals surface area contributed by atoms with Crippen LogP contribution in [0.3, 0.4) is 0 Å². The van der Waals surface area contributed by atoms with Crippen LogP contribution in [0.25, 0.3) is 0 Å². The predicted molar refractivity (Wildman–Crippen MR) is 76.4 cm³/mol. The molecule has 5 nitrogen and oxygen atoms in total. The van der Waals surface area contributed by atoms with E-state index >= 15 is 0 Å². The van der Waals surface area contributed by atoms with Crippen molar-refractivity contribution in [2.24, 2.45) is 11.3 Å². The predicted octanol–water partition coefficient (Wildman–Crippen LogP) is 2.70. The Balaban J connectivity index is 2.86. The van der Waals surface area contributed by atoms with Crippen LogP contribution in [-0.2, 0) is 0 Å². The number of nitrogens with one attached hydrogen (secondary N) is 2. The van der Waals surface area contributed by atoms with Crippen molar-refractivity contribution in [3.63, 3.8) is 0 Å². The monoisotopic (exact) mass is 251 g/mol. The summed E-state index contributed by atoms with van der Waals surface area (Å²) in [5, 5.41) is 3.44. The fourth-order valence-electron chi connectivity index (χ4n) is 2.41. The number of nitrogen functional groups attached to an aromatic ring is 1. The van der Waals surface area contributed by atoms with E-state index in [0.29, 0.717) is 5.95 Å². The molecule has 102 valence electrons. The number of hydrazine groups is 1. The number of hydrogen-bond donors (Lipinski definition) is 3. The Bertz CT molecular complexity index is 406. The Labute approximate surface area is 110 Å². The minimum atomic E-state index is -0.0368. The van der Waals surface area contributed by atoms with Gasteiger partial charge in [-0.15, -0.1) is 0 Å². The maximum atomic E-state index is 5.35. The summed E-state index contributed by atoms with van der Waals surface area (Å²) in [6, 6.07) is 1.92. The van der Waals surface area contributed by atoms with Gasteiger partial charge in [0.25, 0.3) is 0 Å². The Morgan fingerprint density at radius 2 is 1.78 bits per heavy atom. The van der Waals surface area contributed by atoms with Crippen LogP contribution in [0, 0.1) is 12.3 Å². The molecule has 1 heterocycles. The van der Waals surface area contributed by atoms with Crippen LogP contribution in [0.5, 0.6) is 0 Å². The van der Waals surface area contributed by atoms with Gasteiger partial charge < -0.3 is 5.32 Å². The number of hydrogen-bond acceptors (Lipinski definition) is 5. The van der Waals surface area contributed by atoms with Crippen molar-refractivity contribution in [3.05, 3.63) is 11.8 Å². The highest BCUT2D eigenvalue weighted by Gasteiger charge is 2.25. The first-order valence-electron chi connectivity index (χ1n) is 6.22. The molecule has 0 saturated heterocycles. The highest BCUT2D eigenvalue weighted by Crippen LogP contribution is 2.29. The molecule has 18 heavy (non-hydrogen) atoms. The summed E-state index contributed by atoms with van der Waals surface area (Å²) in [5.74, 6) is 6.58. The van der Waals surface area contributed by atoms with Crippen molar-refractivity contribution >= 4 is 11.8 Å². The van der Waals surface area contributed by atoms with Gasteiger partial charge >= 0.3 is 0 Å². The van der Waals surface area contributed by atoms with E-state index in [0.717, 1.165) is 17.9 Å². The number of rotatable bonds is 4. The average molecular weight is 251 g/mol. The molecule has 0 saturated carbocycles. The molecule has 1 rings (SSSR count). The average Bonchev–Trinajstić information content (AvgIpc) is 2.11. The van der Waals surface area contributed by atoms with Gasteiger partial charge in [0.2, 0.25) is 5.95 Å². The van der Waals surface area contributed by atoms with Crippen molar-refractivity contribution in [1.82, 2.24) is 9.97 Å². The Morgan fingerprint density at radius 3 is 2.28 bits per heavy atom. The first-order valence-corrected chi connectivity index (χ1v) is 6.22. The molecule has 0 radical (unpaired) electrons. The molecular formula is C13H25N5. The van der Waals surface area contributed by atoms with E-state index in [1.807, 2.05) is 13.0 Å². The second-order valence-corrected chi connectivity index (χ2v) is 6.61. The van der Waals surface area contributed by atoms with E-state index in [4.69, 9.17) is 5.84 Å². The molecule has 0 aliphatic rings. The van der Waals surface area contributed by atoms with Gasteiger partial charge in [0, 0.05) is 17.3 Å². The molecule has 0 amide bonds. The third kappa shape index (κ3) is 4.87. The van der Waals surface area contributed by atoms with Crippen molar-refractivity contribution in [2.75, 3.05) is 10.7 Å². The molecule has 0 aliphatic carbocycles. The lowest BCUT2D eigenvalue weighted by Crippen LogP contribution is -2.35. The maximum absolute atomic E-state index is 5.35. The largest absolute Gasteiger partial charge is 0.365 e. The number of nitrogens with two attached hydrogens (primary N) is 1. The number of anilines is 2. The van der Waals surface area contributed by atoms with Crippen LogP contribution >= 0.6 is 0 Å². The van der Waals surface area contributed by atoms with Gasteiger partial charge in [-0.25, -0.2) is 10.8 Å². The molecule has 0 unspecified atom stereocenters. The van der Waals surface area contributed by atoms with Crippen molar-refractivity contribution in [1.29, 1.82) is 0 Å². The zero-order chi connectivity index (χ0) is 14.0. The smallest absolute Gasteiger partial charge is 0.239 e. The van der Waals surface area contributed by atoms with Crippen molar-refractivity contribution in [3.8, 4) is 0 Å². The molecule has 1 aromatic rings. The lowest BCUT2D eigenvalue weighted by molar-refractivity contribution is 0.302. The number of aromatic nitrogens is 2. The minimum Gasteiger partial charge on any atom is -0.365 e. The summed E-state index contributed by atoms with van der Waals surface area (Å²) in [7, 11) is 0. The van der Waals surface area contributed by atoms with Gasteiger partial charge in [-0.1, -0.05) is 20.8 Å². The summed E-state index contributed by atoms with van der Waals surface area (Å²) >= 11 is 0. The SMILES string of the molecule is Cc1cc(NC(C)(C)CC(C)(C)C)nc(NN)n1. The molecule has 1 aromatic heterocycles. The van der Waals surface area contributed by atoms with Gasteiger partial charge in [0.1, 0.15) is 5.82 Å². The van der Waals surface area contributed by atoms with Gasteiger partial charge in [0.15, 0.2) is 0 Å². The standard InChI is InChI=1S/C13H25N5/c1-9-7-10(16-11(15-9)18-14)17-13(5,6)8-12(2,3)4/h7H,8,14H2,1-6H3,(H2,15,16,17,18). The zero-order valence-electron chi connectivity index (χ0n) is 12.3. The van der Waals surface area contributed by atoms with Gasteiger partial charge in [0.05, 0.1) is 0 Å². The summed E-state index contributed by atoms with van der Waals surface area (Å²) in [5.41, 5.74) is 3.58. The van der Waals surface area contributed by atoms with Crippen LogP contribution in [-0.4, -0.2) is 15.5 Å².